The molecule has 8 heteroatoms. The second-order valence-electron chi connectivity index (χ2n) is 6.77. The number of nitrogens with two attached hydrogens (primary N) is 1. The van der Waals surface area contributed by atoms with Crippen LogP contribution in [0.4, 0.5) is 0 Å². The number of ether oxygens (including phenoxy) is 1. The Hall–Kier alpha value is -3.26. The maximum Gasteiger partial charge on any atom is 0.248 e. The number of para-hydroxylation sites is 1. The van der Waals surface area contributed by atoms with E-state index in [1.54, 1.807) is 24.3 Å². The highest BCUT2D eigenvalue weighted by Crippen LogP contribution is 2.25. The van der Waals surface area contributed by atoms with Crippen LogP contribution in [0.5, 0.6) is 5.75 Å². The predicted octanol–water partition coefficient (Wildman–Crippen LogP) is 2.00. The molecular weight excluding hydrogens is 358 g/mol. The van der Waals surface area contributed by atoms with Gasteiger partial charge in [0.2, 0.25) is 11.7 Å². The zero-order chi connectivity index (χ0) is 20.1. The highest BCUT2D eigenvalue weighted by Gasteiger charge is 2.13. The van der Waals surface area contributed by atoms with Crippen LogP contribution in [0.1, 0.15) is 35.7 Å². The Morgan fingerprint density at radius 2 is 1.89 bits per heavy atom. The number of rotatable bonds is 8. The van der Waals surface area contributed by atoms with E-state index >= 15 is 0 Å². The summed E-state index contributed by atoms with van der Waals surface area (Å²) in [7, 11) is 0. The van der Waals surface area contributed by atoms with Gasteiger partial charge in [-0.05, 0) is 34.9 Å². The van der Waals surface area contributed by atoms with E-state index in [9.17, 15) is 9.90 Å². The lowest BCUT2D eigenvalue weighted by Gasteiger charge is -2.16. The summed E-state index contributed by atoms with van der Waals surface area (Å²) in [5.74, 6) is 0.992. The van der Waals surface area contributed by atoms with Gasteiger partial charge < -0.3 is 15.6 Å². The van der Waals surface area contributed by atoms with Crippen LogP contribution < -0.4 is 10.5 Å². The molecule has 0 bridgehead atoms. The zero-order valence-corrected chi connectivity index (χ0v) is 15.8. The van der Waals surface area contributed by atoms with E-state index in [-0.39, 0.29) is 13.2 Å². The molecule has 0 aliphatic carbocycles. The monoisotopic (exact) mass is 381 g/mol. The molecule has 1 atom stereocenters. The molecular formula is C20H23N5O3. The van der Waals surface area contributed by atoms with E-state index in [0.717, 1.165) is 11.3 Å². The van der Waals surface area contributed by atoms with Gasteiger partial charge in [0, 0.05) is 11.1 Å². The lowest BCUT2D eigenvalue weighted by molar-refractivity contribution is 0.0844. The summed E-state index contributed by atoms with van der Waals surface area (Å²) >= 11 is 0. The molecule has 3 rings (SSSR count). The maximum atomic E-state index is 11.1. The average Bonchev–Trinajstić information content (AvgIpc) is 3.15. The predicted molar refractivity (Wildman–Crippen MR) is 104 cm³/mol. The zero-order valence-electron chi connectivity index (χ0n) is 15.8. The second kappa shape index (κ2) is 8.62. The molecule has 0 aliphatic rings. The maximum absolute atomic E-state index is 11.1. The number of hydrogen-bond donors (Lipinski definition) is 2. The molecule has 1 heterocycles. The van der Waals surface area contributed by atoms with Crippen molar-refractivity contribution in [2.24, 2.45) is 5.73 Å². The molecule has 146 valence electrons. The second-order valence-corrected chi connectivity index (χ2v) is 6.77. The van der Waals surface area contributed by atoms with Gasteiger partial charge in [0.1, 0.15) is 18.5 Å². The molecule has 2 aromatic carbocycles. The fourth-order valence-corrected chi connectivity index (χ4v) is 2.74. The topological polar surface area (TPSA) is 116 Å². The van der Waals surface area contributed by atoms with Crippen molar-refractivity contribution in [2.75, 3.05) is 6.61 Å². The van der Waals surface area contributed by atoms with Gasteiger partial charge >= 0.3 is 0 Å². The smallest absolute Gasteiger partial charge is 0.248 e. The molecule has 1 unspecified atom stereocenters. The largest absolute Gasteiger partial charge is 0.491 e. The van der Waals surface area contributed by atoms with Crippen molar-refractivity contribution < 1.29 is 14.6 Å². The molecule has 0 spiro atoms. The number of carbonyl (C=O) groups is 1. The van der Waals surface area contributed by atoms with Crippen molar-refractivity contribution >= 4 is 5.91 Å². The lowest BCUT2D eigenvalue weighted by Crippen LogP contribution is -2.25. The van der Waals surface area contributed by atoms with Crippen LogP contribution in [0.3, 0.4) is 0 Å². The molecule has 1 amide bonds. The highest BCUT2D eigenvalue weighted by atomic mass is 16.5. The van der Waals surface area contributed by atoms with Gasteiger partial charge in [-0.15, -0.1) is 10.2 Å². The van der Waals surface area contributed by atoms with Crippen LogP contribution in [0.2, 0.25) is 0 Å². The van der Waals surface area contributed by atoms with Crippen molar-refractivity contribution in [2.45, 2.75) is 32.4 Å². The Labute approximate surface area is 162 Å². The van der Waals surface area contributed by atoms with E-state index in [2.05, 4.69) is 29.3 Å². The minimum absolute atomic E-state index is 0.119. The Morgan fingerprint density at radius 3 is 2.57 bits per heavy atom. The fraction of sp³-hybridized carbons (Fsp3) is 0.300. The third kappa shape index (κ3) is 4.72. The summed E-state index contributed by atoms with van der Waals surface area (Å²) in [6.07, 6.45) is -0.792. The van der Waals surface area contributed by atoms with Gasteiger partial charge in [-0.1, -0.05) is 44.2 Å². The SMILES string of the molecule is CC(C)c1ccccc1OCC(O)Cn1nnc(-c2ccc(C(N)=O)cc2)n1. The first kappa shape index (κ1) is 19.5. The summed E-state index contributed by atoms with van der Waals surface area (Å²) in [6, 6.07) is 14.4. The van der Waals surface area contributed by atoms with Crippen molar-refractivity contribution in [3.8, 4) is 17.1 Å². The standard InChI is InChI=1S/C20H23N5O3/c1-13(2)17-5-3-4-6-18(17)28-12-16(26)11-25-23-20(22-24-25)15-9-7-14(8-10-15)19(21)27/h3-10,13,16,26H,11-12H2,1-2H3,(H2,21,27). The summed E-state index contributed by atoms with van der Waals surface area (Å²) in [5, 5.41) is 22.5. The molecule has 0 radical (unpaired) electrons. The van der Waals surface area contributed by atoms with Gasteiger partial charge in [-0.2, -0.15) is 4.80 Å². The quantitative estimate of drug-likeness (QED) is 0.616. The first-order chi connectivity index (χ1) is 13.4. The van der Waals surface area contributed by atoms with E-state index < -0.39 is 12.0 Å². The van der Waals surface area contributed by atoms with E-state index in [1.807, 2.05) is 24.3 Å². The van der Waals surface area contributed by atoms with Gasteiger partial charge in [0.05, 0.1) is 6.54 Å². The summed E-state index contributed by atoms with van der Waals surface area (Å²) in [6.45, 7) is 4.45. The van der Waals surface area contributed by atoms with Gasteiger partial charge in [0.25, 0.3) is 0 Å². The van der Waals surface area contributed by atoms with Crippen LogP contribution in [0.25, 0.3) is 11.4 Å². The first-order valence-corrected chi connectivity index (χ1v) is 9.02. The van der Waals surface area contributed by atoms with Gasteiger partial charge in [0.15, 0.2) is 0 Å². The molecule has 3 aromatic rings. The molecule has 0 saturated carbocycles. The van der Waals surface area contributed by atoms with Crippen molar-refractivity contribution in [3.05, 3.63) is 59.7 Å². The third-order valence-electron chi connectivity index (χ3n) is 4.23. The van der Waals surface area contributed by atoms with E-state index in [0.29, 0.717) is 22.9 Å². The van der Waals surface area contributed by atoms with Gasteiger partial charge in [-0.3, -0.25) is 4.79 Å². The van der Waals surface area contributed by atoms with E-state index in [1.165, 1.54) is 4.80 Å². The van der Waals surface area contributed by atoms with Crippen LogP contribution in [-0.4, -0.2) is 43.9 Å². The number of tetrazole rings is 1. The summed E-state index contributed by atoms with van der Waals surface area (Å²) < 4.78 is 5.78. The molecule has 28 heavy (non-hydrogen) atoms. The molecule has 3 N–H and O–H groups in total. The molecule has 0 saturated heterocycles. The normalized spacial score (nSPS) is 12.1. The number of nitrogens with zero attached hydrogens (tertiary/aromatic N) is 4. The van der Waals surface area contributed by atoms with Crippen LogP contribution in [0, 0.1) is 0 Å². The van der Waals surface area contributed by atoms with E-state index in [4.69, 9.17) is 10.5 Å². The highest BCUT2D eigenvalue weighted by molar-refractivity contribution is 5.93. The molecule has 8 nitrogen and oxygen atoms in total. The molecule has 0 fully saturated rings. The fourth-order valence-electron chi connectivity index (χ4n) is 2.74. The molecule has 0 aliphatic heterocycles. The number of carbonyl (C=O) groups excluding carboxylic acids is 1. The van der Waals surface area contributed by atoms with Crippen LogP contribution in [0.15, 0.2) is 48.5 Å². The van der Waals surface area contributed by atoms with Crippen molar-refractivity contribution in [1.82, 2.24) is 20.2 Å². The Kier molecular flexibility index (Phi) is 6.00. The number of aliphatic hydroxyl groups excluding tert-OH is 1. The minimum Gasteiger partial charge on any atom is -0.491 e. The Balaban J connectivity index is 1.60. The van der Waals surface area contributed by atoms with Crippen LogP contribution in [-0.2, 0) is 6.54 Å². The van der Waals surface area contributed by atoms with Crippen molar-refractivity contribution in [1.29, 1.82) is 0 Å². The number of amides is 1. The number of aromatic nitrogens is 4. The summed E-state index contributed by atoms with van der Waals surface area (Å²) in [4.78, 5) is 12.5. The number of hydrogen-bond acceptors (Lipinski definition) is 6. The molecule has 1 aromatic heterocycles. The first-order valence-electron chi connectivity index (χ1n) is 9.02. The number of benzene rings is 2. The average molecular weight is 381 g/mol. The van der Waals surface area contributed by atoms with Gasteiger partial charge in [-0.25, -0.2) is 0 Å². The lowest BCUT2D eigenvalue weighted by atomic mass is 10.0. The minimum atomic E-state index is -0.792. The third-order valence-corrected chi connectivity index (χ3v) is 4.23. The Bertz CT molecular complexity index is 937. The van der Waals surface area contributed by atoms with Crippen molar-refractivity contribution in [3.63, 3.8) is 0 Å². The number of primary amides is 1. The number of aliphatic hydroxyl groups is 1. The van der Waals surface area contributed by atoms with Crippen LogP contribution >= 0.6 is 0 Å². The summed E-state index contributed by atoms with van der Waals surface area (Å²) in [5.41, 5.74) is 7.43. The Morgan fingerprint density at radius 1 is 1.18 bits per heavy atom.